The van der Waals surface area contributed by atoms with Crippen LogP contribution in [0, 0.1) is 0 Å². The molecule has 5 rings (SSSR count). The van der Waals surface area contributed by atoms with Crippen molar-refractivity contribution in [3.8, 4) is 11.5 Å². The van der Waals surface area contributed by atoms with Gasteiger partial charge in [-0.15, -0.1) is 0 Å². The highest BCUT2D eigenvalue weighted by atomic mass is 32.2. The first kappa shape index (κ1) is 31.4. The second-order valence-corrected chi connectivity index (χ2v) is 11.6. The molecule has 0 spiro atoms. The van der Waals surface area contributed by atoms with E-state index in [-0.39, 0.29) is 30.5 Å². The minimum atomic E-state index is -4.75. The van der Waals surface area contributed by atoms with Crippen molar-refractivity contribution in [2.75, 3.05) is 7.11 Å². The van der Waals surface area contributed by atoms with Crippen molar-refractivity contribution in [2.45, 2.75) is 30.1 Å². The van der Waals surface area contributed by atoms with Crippen LogP contribution < -0.4 is 8.92 Å². The van der Waals surface area contributed by atoms with Gasteiger partial charge in [0.25, 0.3) is 0 Å². The summed E-state index contributed by atoms with van der Waals surface area (Å²) in [6.45, 7) is 0.117. The van der Waals surface area contributed by atoms with Gasteiger partial charge in [-0.05, 0) is 59.2 Å². The largest absolute Gasteiger partial charge is 0.493 e. The van der Waals surface area contributed by atoms with E-state index in [1.165, 1.54) is 25.5 Å². The second kappa shape index (κ2) is 13.3. The van der Waals surface area contributed by atoms with E-state index >= 15 is 0 Å². The molecule has 0 N–H and O–H groups in total. The summed E-state index contributed by atoms with van der Waals surface area (Å²) < 4.78 is 82.1. The molecule has 1 aromatic heterocycles. The number of alkyl halides is 3. The summed E-state index contributed by atoms with van der Waals surface area (Å²) in [5.41, 5.74) is 0.907. The number of carbonyl (C=O) groups excluding carboxylic acids is 1. The fourth-order valence-electron chi connectivity index (χ4n) is 4.85. The van der Waals surface area contributed by atoms with Gasteiger partial charge in [0.05, 0.1) is 31.4 Å². The van der Waals surface area contributed by atoms with Gasteiger partial charge in [0.1, 0.15) is 10.7 Å². The van der Waals surface area contributed by atoms with E-state index in [0.717, 1.165) is 29.3 Å². The minimum absolute atomic E-state index is 0.0136. The highest BCUT2D eigenvalue weighted by molar-refractivity contribution is 7.87. The average Bonchev–Trinajstić information content (AvgIpc) is 3.55. The summed E-state index contributed by atoms with van der Waals surface area (Å²) in [5.74, 6) is -0.582. The van der Waals surface area contributed by atoms with Gasteiger partial charge in [-0.3, -0.25) is 4.79 Å². The molecule has 0 aliphatic rings. The van der Waals surface area contributed by atoms with Gasteiger partial charge in [-0.2, -0.15) is 21.6 Å². The van der Waals surface area contributed by atoms with Crippen LogP contribution in [0.15, 0.2) is 131 Å². The standard InChI is InChI=1S/C34H28F3NO6S/c1-42-30-18-17-24(20-31(30)44-45(40,41)29-16-8-14-27(21-29)34(35,36)37)22-38(23-28-15-9-19-43-28)33(39)32(25-10-4-2-5-11-25)26-12-6-3-7-13-26/h2-21,32H,22-23H2,1H3. The second-order valence-electron chi connectivity index (χ2n) is 10.1. The SMILES string of the molecule is COc1ccc(CN(Cc2ccco2)C(=O)C(c2ccccc2)c2ccccc2)cc1OS(=O)(=O)c1cccc(C(F)(F)F)c1. The number of amides is 1. The summed E-state index contributed by atoms with van der Waals surface area (Å²) in [6.07, 6.45) is -3.24. The summed E-state index contributed by atoms with van der Waals surface area (Å²) in [4.78, 5) is 15.3. The van der Waals surface area contributed by atoms with Gasteiger partial charge in [-0.25, -0.2) is 0 Å². The third-order valence-electron chi connectivity index (χ3n) is 7.00. The van der Waals surface area contributed by atoms with Crippen LogP contribution >= 0.6 is 0 Å². The fraction of sp³-hybridized carbons (Fsp3) is 0.147. The Kier molecular flexibility index (Phi) is 9.29. The zero-order valence-corrected chi connectivity index (χ0v) is 24.8. The molecule has 0 bridgehead atoms. The molecule has 0 atom stereocenters. The number of halogens is 3. The summed E-state index contributed by atoms with van der Waals surface area (Å²) >= 11 is 0. The molecule has 0 radical (unpaired) electrons. The van der Waals surface area contributed by atoms with Crippen LogP contribution in [0.4, 0.5) is 13.2 Å². The molecule has 0 saturated heterocycles. The highest BCUT2D eigenvalue weighted by Gasteiger charge is 2.33. The average molecular weight is 636 g/mol. The number of carbonyl (C=O) groups is 1. The van der Waals surface area contributed by atoms with Gasteiger partial charge in [-0.1, -0.05) is 72.8 Å². The van der Waals surface area contributed by atoms with Gasteiger partial charge < -0.3 is 18.2 Å². The lowest BCUT2D eigenvalue weighted by Crippen LogP contribution is -2.34. The Morgan fingerprint density at radius 1 is 0.800 bits per heavy atom. The van der Waals surface area contributed by atoms with Crippen molar-refractivity contribution in [3.63, 3.8) is 0 Å². The molecular formula is C34H28F3NO6S. The van der Waals surface area contributed by atoms with Crippen molar-refractivity contribution >= 4 is 16.0 Å². The van der Waals surface area contributed by atoms with Crippen LogP contribution in [0.3, 0.4) is 0 Å². The normalized spacial score (nSPS) is 11.8. The molecule has 1 heterocycles. The zero-order chi connectivity index (χ0) is 32.0. The molecule has 0 aliphatic heterocycles. The van der Waals surface area contributed by atoms with Crippen LogP contribution in [-0.4, -0.2) is 26.3 Å². The number of methoxy groups -OCH3 is 1. The van der Waals surface area contributed by atoms with Crippen molar-refractivity contribution < 1.29 is 39.7 Å². The monoisotopic (exact) mass is 635 g/mol. The molecule has 1 amide bonds. The molecule has 45 heavy (non-hydrogen) atoms. The zero-order valence-electron chi connectivity index (χ0n) is 24.0. The maximum atomic E-state index is 14.4. The third kappa shape index (κ3) is 7.55. The quantitative estimate of drug-likeness (QED) is 0.140. The molecule has 5 aromatic rings. The topological polar surface area (TPSA) is 86.0 Å². The van der Waals surface area contributed by atoms with Crippen molar-refractivity contribution in [1.29, 1.82) is 0 Å². The Bertz CT molecular complexity index is 1800. The lowest BCUT2D eigenvalue weighted by Gasteiger charge is -2.28. The van der Waals surface area contributed by atoms with Crippen molar-refractivity contribution in [3.05, 3.63) is 150 Å². The van der Waals surface area contributed by atoms with Gasteiger partial charge in [0, 0.05) is 6.54 Å². The van der Waals surface area contributed by atoms with Crippen LogP contribution in [0.2, 0.25) is 0 Å². The predicted octanol–water partition coefficient (Wildman–Crippen LogP) is 7.44. The summed E-state index contributed by atoms with van der Waals surface area (Å²) in [6, 6.07) is 29.9. The molecular weight excluding hydrogens is 607 g/mol. The van der Waals surface area contributed by atoms with Crippen molar-refractivity contribution in [2.24, 2.45) is 0 Å². The van der Waals surface area contributed by atoms with Crippen molar-refractivity contribution in [1.82, 2.24) is 4.90 Å². The Labute approximate surface area is 258 Å². The number of nitrogens with zero attached hydrogens (tertiary/aromatic N) is 1. The van der Waals surface area contributed by atoms with E-state index in [2.05, 4.69) is 0 Å². The van der Waals surface area contributed by atoms with E-state index in [1.54, 1.807) is 23.1 Å². The Balaban J connectivity index is 1.49. The number of hydrogen-bond acceptors (Lipinski definition) is 6. The minimum Gasteiger partial charge on any atom is -0.493 e. The van der Waals surface area contributed by atoms with Gasteiger partial charge in [0.15, 0.2) is 11.5 Å². The first-order valence-corrected chi connectivity index (χ1v) is 15.2. The highest BCUT2D eigenvalue weighted by Crippen LogP contribution is 2.35. The summed E-state index contributed by atoms with van der Waals surface area (Å²) in [7, 11) is -3.39. The molecule has 0 fully saturated rings. The van der Waals surface area contributed by atoms with E-state index in [0.29, 0.717) is 17.4 Å². The lowest BCUT2D eigenvalue weighted by atomic mass is 9.90. The number of hydrogen-bond donors (Lipinski definition) is 0. The molecule has 0 unspecified atom stereocenters. The number of ether oxygens (including phenoxy) is 1. The molecule has 11 heteroatoms. The number of furan rings is 1. The molecule has 4 aromatic carbocycles. The maximum absolute atomic E-state index is 14.4. The van der Waals surface area contributed by atoms with Crippen LogP contribution in [0.1, 0.15) is 33.9 Å². The number of rotatable bonds is 11. The molecule has 0 saturated carbocycles. The van der Waals surface area contributed by atoms with E-state index in [9.17, 15) is 26.4 Å². The smallest absolute Gasteiger partial charge is 0.416 e. The Hall–Kier alpha value is -5.03. The van der Waals surface area contributed by atoms with E-state index < -0.39 is 32.7 Å². The van der Waals surface area contributed by atoms with Gasteiger partial charge in [0.2, 0.25) is 5.91 Å². The number of benzene rings is 4. The van der Waals surface area contributed by atoms with Crippen LogP contribution in [-0.2, 0) is 34.2 Å². The molecule has 0 aliphatic carbocycles. The molecule has 7 nitrogen and oxygen atoms in total. The predicted molar refractivity (Wildman–Crippen MR) is 160 cm³/mol. The van der Waals surface area contributed by atoms with Crippen LogP contribution in [0.25, 0.3) is 0 Å². The van der Waals surface area contributed by atoms with E-state index in [1.807, 2.05) is 60.7 Å². The lowest BCUT2D eigenvalue weighted by molar-refractivity contribution is -0.137. The third-order valence-corrected chi connectivity index (χ3v) is 8.23. The first-order chi connectivity index (χ1) is 21.5. The molecule has 232 valence electrons. The first-order valence-electron chi connectivity index (χ1n) is 13.7. The maximum Gasteiger partial charge on any atom is 0.416 e. The Morgan fingerprint density at radius 3 is 2.04 bits per heavy atom. The summed E-state index contributed by atoms with van der Waals surface area (Å²) in [5, 5.41) is 0. The van der Waals surface area contributed by atoms with Gasteiger partial charge >= 0.3 is 16.3 Å². The fourth-order valence-corrected chi connectivity index (χ4v) is 5.83. The Morgan fingerprint density at radius 2 is 1.47 bits per heavy atom. The van der Waals surface area contributed by atoms with Crippen LogP contribution in [0.5, 0.6) is 11.5 Å². The van der Waals surface area contributed by atoms with E-state index in [4.69, 9.17) is 13.3 Å².